The summed E-state index contributed by atoms with van der Waals surface area (Å²) in [5, 5.41) is 7.25. The summed E-state index contributed by atoms with van der Waals surface area (Å²) >= 11 is 0. The average molecular weight is 450 g/mol. The summed E-state index contributed by atoms with van der Waals surface area (Å²) in [6, 6.07) is 13.5. The van der Waals surface area contributed by atoms with Crippen LogP contribution in [0, 0.1) is 0 Å². The third-order valence-corrected chi connectivity index (χ3v) is 5.90. The van der Waals surface area contributed by atoms with Crippen molar-refractivity contribution in [1.29, 1.82) is 0 Å². The third kappa shape index (κ3) is 4.59. The lowest BCUT2D eigenvalue weighted by molar-refractivity contribution is -0.122. The lowest BCUT2D eigenvalue weighted by atomic mass is 9.92. The highest BCUT2D eigenvalue weighted by Crippen LogP contribution is 2.37. The second-order valence-corrected chi connectivity index (χ2v) is 9.33. The minimum Gasteiger partial charge on any atom is -0.497 e. The number of aromatic nitrogens is 1. The van der Waals surface area contributed by atoms with Crippen LogP contribution >= 0.6 is 0 Å². The first-order valence-corrected chi connectivity index (χ1v) is 11.2. The van der Waals surface area contributed by atoms with Gasteiger partial charge in [-0.2, -0.15) is 0 Å². The Morgan fingerprint density at radius 2 is 1.88 bits per heavy atom. The monoisotopic (exact) mass is 449 g/mol. The van der Waals surface area contributed by atoms with Crippen LogP contribution in [-0.2, 0) is 22.6 Å². The van der Waals surface area contributed by atoms with Crippen LogP contribution in [0.1, 0.15) is 53.9 Å². The molecule has 1 amide bonds. The Balaban J connectivity index is 1.73. The molecule has 0 saturated heterocycles. The number of nitrogens with zero attached hydrogens (tertiary/aromatic N) is 1. The van der Waals surface area contributed by atoms with Gasteiger partial charge < -0.3 is 24.7 Å². The number of fused-ring (bicyclic) bond motifs is 3. The fourth-order valence-electron chi connectivity index (χ4n) is 4.40. The van der Waals surface area contributed by atoms with Crippen LogP contribution < -0.4 is 15.4 Å². The second kappa shape index (κ2) is 8.90. The number of methoxy groups -OCH3 is 1. The molecule has 33 heavy (non-hydrogen) atoms. The van der Waals surface area contributed by atoms with Gasteiger partial charge in [0.25, 0.3) is 0 Å². The van der Waals surface area contributed by atoms with Gasteiger partial charge in [-0.1, -0.05) is 12.1 Å². The van der Waals surface area contributed by atoms with E-state index in [1.165, 1.54) is 0 Å². The van der Waals surface area contributed by atoms with Crippen LogP contribution in [0.2, 0.25) is 0 Å². The van der Waals surface area contributed by atoms with Gasteiger partial charge in [-0.25, -0.2) is 4.79 Å². The molecule has 4 rings (SSSR count). The zero-order valence-electron chi connectivity index (χ0n) is 19.8. The van der Waals surface area contributed by atoms with Crippen LogP contribution in [0.5, 0.6) is 5.75 Å². The number of amides is 1. The van der Waals surface area contributed by atoms with Gasteiger partial charge >= 0.3 is 5.97 Å². The van der Waals surface area contributed by atoms with Crippen molar-refractivity contribution in [2.75, 3.05) is 20.7 Å². The largest absolute Gasteiger partial charge is 0.497 e. The Labute approximate surface area is 194 Å². The topological polar surface area (TPSA) is 81.6 Å². The van der Waals surface area contributed by atoms with E-state index >= 15 is 0 Å². The van der Waals surface area contributed by atoms with E-state index in [0.717, 1.165) is 33.5 Å². The molecule has 7 heteroatoms. The maximum atomic E-state index is 12.6. The predicted molar refractivity (Wildman–Crippen MR) is 128 cm³/mol. The van der Waals surface area contributed by atoms with Gasteiger partial charge in [0.15, 0.2) is 0 Å². The van der Waals surface area contributed by atoms with Crippen LogP contribution in [0.3, 0.4) is 0 Å². The van der Waals surface area contributed by atoms with E-state index in [2.05, 4.69) is 15.2 Å². The molecule has 3 aromatic rings. The molecule has 0 fully saturated rings. The lowest BCUT2D eigenvalue weighted by Gasteiger charge is -2.24. The van der Waals surface area contributed by atoms with Crippen molar-refractivity contribution in [3.63, 3.8) is 0 Å². The van der Waals surface area contributed by atoms with Crippen LogP contribution in [-0.4, -0.2) is 42.7 Å². The first-order valence-electron chi connectivity index (χ1n) is 11.2. The molecule has 0 spiro atoms. The summed E-state index contributed by atoms with van der Waals surface area (Å²) in [4.78, 5) is 25.0. The Morgan fingerprint density at radius 3 is 2.52 bits per heavy atom. The lowest BCUT2D eigenvalue weighted by Crippen LogP contribution is -2.37. The molecule has 1 atom stereocenters. The normalized spacial score (nSPS) is 15.7. The Morgan fingerprint density at radius 1 is 1.15 bits per heavy atom. The van der Waals surface area contributed by atoms with Crippen molar-refractivity contribution in [2.24, 2.45) is 0 Å². The molecule has 1 unspecified atom stereocenters. The quantitative estimate of drug-likeness (QED) is 0.582. The van der Waals surface area contributed by atoms with Gasteiger partial charge in [0.05, 0.1) is 24.1 Å². The van der Waals surface area contributed by atoms with Crippen molar-refractivity contribution in [2.45, 2.75) is 45.4 Å². The van der Waals surface area contributed by atoms with Crippen molar-refractivity contribution >= 4 is 22.8 Å². The third-order valence-electron chi connectivity index (χ3n) is 5.90. The summed E-state index contributed by atoms with van der Waals surface area (Å²) in [5.41, 5.74) is 4.22. The summed E-state index contributed by atoms with van der Waals surface area (Å²) < 4.78 is 13.2. The molecular formula is C26H31N3O4. The number of hydrogen-bond donors (Lipinski definition) is 2. The van der Waals surface area contributed by atoms with Gasteiger partial charge in [0.2, 0.25) is 5.91 Å². The average Bonchev–Trinajstić information content (AvgIpc) is 3.10. The molecule has 0 saturated carbocycles. The SMILES string of the molecule is CNC(=O)C1CNCc2c1c1ccc(OC)cc1n2Cc1ccc(C(=O)OC(C)(C)C)cc1. The Kier molecular flexibility index (Phi) is 6.17. The highest BCUT2D eigenvalue weighted by Gasteiger charge is 2.31. The highest BCUT2D eigenvalue weighted by atomic mass is 16.6. The van der Waals surface area contributed by atoms with Crippen molar-refractivity contribution in [3.05, 3.63) is 64.8 Å². The molecule has 2 aromatic carbocycles. The molecule has 0 aliphatic carbocycles. The van der Waals surface area contributed by atoms with Crippen LogP contribution in [0.4, 0.5) is 0 Å². The Hall–Kier alpha value is -3.32. The van der Waals surface area contributed by atoms with Gasteiger partial charge in [0, 0.05) is 43.8 Å². The number of hydrogen-bond acceptors (Lipinski definition) is 5. The molecule has 0 radical (unpaired) electrons. The maximum Gasteiger partial charge on any atom is 0.338 e. The highest BCUT2D eigenvalue weighted by molar-refractivity contribution is 5.95. The Bertz CT molecular complexity index is 1190. The molecule has 174 valence electrons. The van der Waals surface area contributed by atoms with E-state index in [1.807, 2.05) is 51.1 Å². The number of ether oxygens (including phenoxy) is 2. The van der Waals surface area contributed by atoms with E-state index < -0.39 is 5.60 Å². The van der Waals surface area contributed by atoms with Gasteiger partial charge in [-0.05, 0) is 56.2 Å². The van der Waals surface area contributed by atoms with Gasteiger partial charge in [-0.15, -0.1) is 0 Å². The van der Waals surface area contributed by atoms with Crippen molar-refractivity contribution in [3.8, 4) is 5.75 Å². The number of benzene rings is 2. The molecule has 0 bridgehead atoms. The fraction of sp³-hybridized carbons (Fsp3) is 0.385. The summed E-state index contributed by atoms with van der Waals surface area (Å²) in [5.74, 6) is 0.175. The van der Waals surface area contributed by atoms with Crippen LogP contribution in [0.25, 0.3) is 10.9 Å². The molecule has 1 aliphatic heterocycles. The number of rotatable bonds is 5. The number of carbonyl (C=O) groups is 2. The van der Waals surface area contributed by atoms with E-state index in [-0.39, 0.29) is 17.8 Å². The number of nitrogens with one attached hydrogen (secondary N) is 2. The fourth-order valence-corrected chi connectivity index (χ4v) is 4.40. The molecule has 1 aliphatic rings. The van der Waals surface area contributed by atoms with Crippen LogP contribution in [0.15, 0.2) is 42.5 Å². The first kappa shape index (κ1) is 22.9. The standard InChI is InChI=1S/C26H31N3O4/c1-26(2,3)33-25(31)17-8-6-16(7-9-17)15-29-21-12-18(32-5)10-11-19(21)23-20(24(30)27-4)13-28-14-22(23)29/h6-12,20,28H,13-15H2,1-5H3,(H,27,30). The van der Waals surface area contributed by atoms with E-state index in [9.17, 15) is 9.59 Å². The molecule has 7 nitrogen and oxygen atoms in total. The molecule has 2 heterocycles. The summed E-state index contributed by atoms with van der Waals surface area (Å²) in [6.45, 7) is 7.45. The number of likely N-dealkylation sites (N-methyl/N-ethyl adjacent to an activating group) is 1. The number of carbonyl (C=O) groups excluding carboxylic acids is 2. The predicted octanol–water partition coefficient (Wildman–Crippen LogP) is 3.59. The summed E-state index contributed by atoms with van der Waals surface area (Å²) in [7, 11) is 3.32. The second-order valence-electron chi connectivity index (χ2n) is 9.33. The van der Waals surface area contributed by atoms with E-state index in [1.54, 1.807) is 26.3 Å². The number of esters is 1. The van der Waals surface area contributed by atoms with E-state index in [0.29, 0.717) is 25.2 Å². The maximum absolute atomic E-state index is 12.6. The molecule has 1 aromatic heterocycles. The summed E-state index contributed by atoms with van der Waals surface area (Å²) in [6.07, 6.45) is 0. The first-order chi connectivity index (χ1) is 15.7. The zero-order valence-corrected chi connectivity index (χ0v) is 19.8. The molecule has 2 N–H and O–H groups in total. The van der Waals surface area contributed by atoms with E-state index in [4.69, 9.17) is 9.47 Å². The van der Waals surface area contributed by atoms with Gasteiger partial charge in [0.1, 0.15) is 11.4 Å². The smallest absolute Gasteiger partial charge is 0.338 e. The zero-order chi connectivity index (χ0) is 23.8. The van der Waals surface area contributed by atoms with Gasteiger partial charge in [-0.3, -0.25) is 4.79 Å². The molecular weight excluding hydrogens is 418 g/mol. The van der Waals surface area contributed by atoms with Crippen molar-refractivity contribution < 1.29 is 19.1 Å². The van der Waals surface area contributed by atoms with Crippen molar-refractivity contribution in [1.82, 2.24) is 15.2 Å². The minimum absolute atomic E-state index is 0.0000293. The minimum atomic E-state index is -0.535.